The minimum atomic E-state index is 0.850. The van der Waals surface area contributed by atoms with Crippen LogP contribution in [0.4, 0.5) is 0 Å². The summed E-state index contributed by atoms with van der Waals surface area (Å²) in [5.41, 5.74) is 1.11. The van der Waals surface area contributed by atoms with Crippen molar-refractivity contribution in [2.75, 3.05) is 18.1 Å². The molecule has 0 saturated heterocycles. The Balaban J connectivity index is 1.70. The summed E-state index contributed by atoms with van der Waals surface area (Å²) >= 11 is 3.56. The maximum atomic E-state index is 4.50. The molecule has 86 valence electrons. The number of imidazole rings is 1. The van der Waals surface area contributed by atoms with Gasteiger partial charge >= 0.3 is 0 Å². The second kappa shape index (κ2) is 6.08. The molecule has 1 N–H and O–H groups in total. The molecule has 0 aliphatic heterocycles. The third-order valence-electron chi connectivity index (χ3n) is 2.11. The number of thiazole rings is 1. The van der Waals surface area contributed by atoms with Crippen LogP contribution in [0.25, 0.3) is 4.96 Å². The fraction of sp³-hybridized carbons (Fsp3) is 0.364. The Bertz CT molecular complexity index is 418. The van der Waals surface area contributed by atoms with Gasteiger partial charge in [0.15, 0.2) is 4.96 Å². The summed E-state index contributed by atoms with van der Waals surface area (Å²) in [6.45, 7) is 5.56. The Morgan fingerprint density at radius 2 is 2.56 bits per heavy atom. The highest BCUT2D eigenvalue weighted by Gasteiger charge is 2.00. The minimum absolute atomic E-state index is 0.850. The summed E-state index contributed by atoms with van der Waals surface area (Å²) in [6.07, 6.45) is 6.06. The number of nitrogens with zero attached hydrogens (tertiary/aromatic N) is 2. The maximum absolute atomic E-state index is 4.50. The van der Waals surface area contributed by atoms with E-state index in [-0.39, 0.29) is 0 Å². The average molecular weight is 253 g/mol. The molecule has 0 amide bonds. The summed E-state index contributed by atoms with van der Waals surface area (Å²) in [7, 11) is 0. The molecule has 0 radical (unpaired) electrons. The highest BCUT2D eigenvalue weighted by Crippen LogP contribution is 2.10. The monoisotopic (exact) mass is 253 g/mol. The normalized spacial score (nSPS) is 11.0. The molecule has 0 aliphatic carbocycles. The van der Waals surface area contributed by atoms with Crippen molar-refractivity contribution in [3.63, 3.8) is 0 Å². The van der Waals surface area contributed by atoms with Gasteiger partial charge in [-0.05, 0) is 0 Å². The minimum Gasteiger partial charge on any atom is -0.310 e. The van der Waals surface area contributed by atoms with Crippen LogP contribution in [0.1, 0.15) is 5.69 Å². The van der Waals surface area contributed by atoms with Crippen LogP contribution in [0.5, 0.6) is 0 Å². The molecule has 2 aromatic heterocycles. The fourth-order valence-corrected chi connectivity index (χ4v) is 2.73. The lowest BCUT2D eigenvalue weighted by molar-refractivity contribution is 0.719. The Labute approximate surface area is 104 Å². The van der Waals surface area contributed by atoms with E-state index in [1.54, 1.807) is 11.3 Å². The van der Waals surface area contributed by atoms with Crippen LogP contribution in [0.3, 0.4) is 0 Å². The number of nitrogens with one attached hydrogen (secondary N) is 1. The van der Waals surface area contributed by atoms with Crippen LogP contribution in [0.15, 0.2) is 30.4 Å². The molecule has 0 atom stereocenters. The van der Waals surface area contributed by atoms with Gasteiger partial charge in [-0.15, -0.1) is 17.9 Å². The molecule has 0 unspecified atom stereocenters. The molecule has 5 heteroatoms. The molecule has 0 aromatic carbocycles. The van der Waals surface area contributed by atoms with Gasteiger partial charge in [-0.1, -0.05) is 6.08 Å². The number of aromatic nitrogens is 2. The SMILES string of the molecule is C=CCSCCNCc1cn2ccsc2n1. The van der Waals surface area contributed by atoms with Crippen molar-refractivity contribution in [1.29, 1.82) is 0 Å². The number of hydrogen-bond donors (Lipinski definition) is 1. The second-order valence-electron chi connectivity index (χ2n) is 3.37. The topological polar surface area (TPSA) is 29.3 Å². The Kier molecular flexibility index (Phi) is 4.44. The number of fused-ring (bicyclic) bond motifs is 1. The van der Waals surface area contributed by atoms with E-state index in [9.17, 15) is 0 Å². The molecule has 0 saturated carbocycles. The van der Waals surface area contributed by atoms with Crippen molar-refractivity contribution in [2.45, 2.75) is 6.54 Å². The Morgan fingerprint density at radius 1 is 1.62 bits per heavy atom. The number of hydrogen-bond acceptors (Lipinski definition) is 4. The molecular formula is C11H15N3S2. The first-order valence-electron chi connectivity index (χ1n) is 5.20. The van der Waals surface area contributed by atoms with Crippen LogP contribution in [0.2, 0.25) is 0 Å². The lowest BCUT2D eigenvalue weighted by atomic mass is 10.5. The van der Waals surface area contributed by atoms with Gasteiger partial charge in [0.2, 0.25) is 0 Å². The molecule has 0 bridgehead atoms. The van der Waals surface area contributed by atoms with Gasteiger partial charge in [-0.3, -0.25) is 4.40 Å². The lowest BCUT2D eigenvalue weighted by Gasteiger charge is -2.00. The van der Waals surface area contributed by atoms with Crippen molar-refractivity contribution in [2.24, 2.45) is 0 Å². The van der Waals surface area contributed by atoms with E-state index in [0.717, 1.165) is 35.3 Å². The lowest BCUT2D eigenvalue weighted by Crippen LogP contribution is -2.16. The quantitative estimate of drug-likeness (QED) is 0.607. The summed E-state index contributed by atoms with van der Waals surface area (Å²) in [6, 6.07) is 0. The van der Waals surface area contributed by atoms with Gasteiger partial charge < -0.3 is 5.32 Å². The zero-order valence-electron chi connectivity index (χ0n) is 9.06. The van der Waals surface area contributed by atoms with Crippen LogP contribution in [0, 0.1) is 0 Å². The molecule has 2 aromatic rings. The standard InChI is InChI=1S/C11H15N3S2/c1-2-5-15-6-3-12-8-10-9-14-4-7-16-11(14)13-10/h2,4,7,9,12H,1,3,5-6,8H2. The van der Waals surface area contributed by atoms with E-state index in [2.05, 4.69) is 27.5 Å². The predicted octanol–water partition coefficient (Wildman–Crippen LogP) is 2.40. The van der Waals surface area contributed by atoms with E-state index in [1.165, 1.54) is 0 Å². The third kappa shape index (κ3) is 3.10. The maximum Gasteiger partial charge on any atom is 0.193 e. The number of rotatable bonds is 7. The van der Waals surface area contributed by atoms with Crippen LogP contribution >= 0.6 is 23.1 Å². The van der Waals surface area contributed by atoms with E-state index in [4.69, 9.17) is 0 Å². The summed E-state index contributed by atoms with van der Waals surface area (Å²) in [4.78, 5) is 5.57. The predicted molar refractivity (Wildman–Crippen MR) is 72.3 cm³/mol. The first-order chi connectivity index (χ1) is 7.90. The average Bonchev–Trinajstić information content (AvgIpc) is 2.83. The first kappa shape index (κ1) is 11.7. The van der Waals surface area contributed by atoms with E-state index in [0.29, 0.717) is 0 Å². The molecule has 16 heavy (non-hydrogen) atoms. The summed E-state index contributed by atoms with van der Waals surface area (Å²) in [5.74, 6) is 2.15. The van der Waals surface area contributed by atoms with Gasteiger partial charge in [-0.25, -0.2) is 4.98 Å². The van der Waals surface area contributed by atoms with E-state index < -0.39 is 0 Å². The zero-order valence-corrected chi connectivity index (χ0v) is 10.7. The third-order valence-corrected chi connectivity index (χ3v) is 3.84. The molecular weight excluding hydrogens is 238 g/mol. The van der Waals surface area contributed by atoms with Crippen LogP contribution in [-0.4, -0.2) is 27.4 Å². The van der Waals surface area contributed by atoms with E-state index >= 15 is 0 Å². The van der Waals surface area contributed by atoms with Crippen molar-refractivity contribution >= 4 is 28.1 Å². The summed E-state index contributed by atoms with van der Waals surface area (Å²) < 4.78 is 2.06. The van der Waals surface area contributed by atoms with Crippen LogP contribution < -0.4 is 5.32 Å². The Morgan fingerprint density at radius 3 is 3.38 bits per heavy atom. The summed E-state index contributed by atoms with van der Waals surface area (Å²) in [5, 5.41) is 5.43. The van der Waals surface area contributed by atoms with E-state index in [1.807, 2.05) is 29.4 Å². The molecule has 0 spiro atoms. The van der Waals surface area contributed by atoms with Gasteiger partial charge in [0, 0.05) is 42.4 Å². The molecule has 2 heterocycles. The second-order valence-corrected chi connectivity index (χ2v) is 5.39. The number of thioether (sulfide) groups is 1. The molecule has 0 aliphatic rings. The van der Waals surface area contributed by atoms with Gasteiger partial charge in [0.05, 0.1) is 5.69 Å². The smallest absolute Gasteiger partial charge is 0.193 e. The zero-order chi connectivity index (χ0) is 11.2. The fourth-order valence-electron chi connectivity index (χ4n) is 1.39. The van der Waals surface area contributed by atoms with Crippen molar-refractivity contribution < 1.29 is 0 Å². The van der Waals surface area contributed by atoms with Gasteiger partial charge in [-0.2, -0.15) is 11.8 Å². The van der Waals surface area contributed by atoms with Crippen molar-refractivity contribution in [3.8, 4) is 0 Å². The van der Waals surface area contributed by atoms with Gasteiger partial charge in [0.25, 0.3) is 0 Å². The molecule has 3 nitrogen and oxygen atoms in total. The largest absolute Gasteiger partial charge is 0.310 e. The highest BCUT2D eigenvalue weighted by molar-refractivity contribution is 7.99. The van der Waals surface area contributed by atoms with Crippen molar-refractivity contribution in [1.82, 2.24) is 14.7 Å². The Hall–Kier alpha value is -0.780. The van der Waals surface area contributed by atoms with Gasteiger partial charge in [0.1, 0.15) is 0 Å². The molecule has 0 fully saturated rings. The first-order valence-corrected chi connectivity index (χ1v) is 7.24. The van der Waals surface area contributed by atoms with Crippen LogP contribution in [-0.2, 0) is 6.54 Å². The van der Waals surface area contributed by atoms with Crippen molar-refractivity contribution in [3.05, 3.63) is 36.1 Å². The highest BCUT2D eigenvalue weighted by atomic mass is 32.2. The molecule has 2 rings (SSSR count).